The molecule has 1 saturated carbocycles. The predicted molar refractivity (Wildman–Crippen MR) is 139 cm³/mol. The molecule has 35 heavy (non-hydrogen) atoms. The van der Waals surface area contributed by atoms with E-state index in [1.165, 1.54) is 5.56 Å². The molecule has 1 N–H and O–H groups in total. The fourth-order valence-electron chi connectivity index (χ4n) is 4.24. The molecular formula is C29H31N3O3. The van der Waals surface area contributed by atoms with Crippen molar-refractivity contribution < 1.29 is 14.3 Å². The first kappa shape index (κ1) is 23.0. The summed E-state index contributed by atoms with van der Waals surface area (Å²) >= 11 is 0. The van der Waals surface area contributed by atoms with Crippen LogP contribution in [-0.2, 0) is 11.3 Å². The fraction of sp³-hybridized carbons (Fsp3) is 0.310. The molecule has 2 heterocycles. The van der Waals surface area contributed by atoms with Crippen LogP contribution in [-0.4, -0.2) is 29.2 Å². The Morgan fingerprint density at radius 3 is 2.69 bits per heavy atom. The minimum absolute atomic E-state index is 0.317. The van der Waals surface area contributed by atoms with Crippen molar-refractivity contribution in [3.05, 3.63) is 83.7 Å². The number of benzene rings is 2. The third-order valence-corrected chi connectivity index (χ3v) is 6.45. The summed E-state index contributed by atoms with van der Waals surface area (Å²) in [6.07, 6.45) is 8.13. The molecule has 0 amide bonds. The molecule has 5 rings (SSSR count). The van der Waals surface area contributed by atoms with Gasteiger partial charge in [-0.3, -0.25) is 0 Å². The molecule has 0 saturated heterocycles. The Bertz CT molecular complexity index is 1320. The number of methoxy groups -OCH3 is 1. The Labute approximate surface area is 205 Å². The van der Waals surface area contributed by atoms with E-state index in [0.717, 1.165) is 60.1 Å². The van der Waals surface area contributed by atoms with Crippen molar-refractivity contribution in [3.63, 3.8) is 0 Å². The summed E-state index contributed by atoms with van der Waals surface area (Å²) in [7, 11) is 1.68. The average Bonchev–Trinajstić information content (AvgIpc) is 3.66. The highest BCUT2D eigenvalue weighted by Gasteiger charge is 2.26. The molecule has 6 heteroatoms. The molecule has 180 valence electrons. The van der Waals surface area contributed by atoms with Crippen LogP contribution in [0.3, 0.4) is 0 Å². The zero-order valence-electron chi connectivity index (χ0n) is 20.3. The highest BCUT2D eigenvalue weighted by molar-refractivity contribution is 5.96. The molecule has 0 unspecified atom stereocenters. The number of rotatable bonds is 10. The molecule has 0 spiro atoms. The van der Waals surface area contributed by atoms with E-state index in [4.69, 9.17) is 9.47 Å². The molecule has 1 aliphatic carbocycles. The standard InChI is InChI=1S/C29H31N3O3/c1-3-4-15-35-29(33)26-17-23(21-7-8-21)18-30-28(26)31-24-9-12-27-22(16-24)13-14-32(27)19-20-5-10-25(34-2)11-6-20/h5-6,9-14,16-18,21H,3-4,7-8,15,19H2,1-2H3,(H,30,31). The van der Waals surface area contributed by atoms with Gasteiger partial charge in [0.2, 0.25) is 0 Å². The number of nitrogens with one attached hydrogen (secondary N) is 1. The average molecular weight is 470 g/mol. The van der Waals surface area contributed by atoms with Crippen molar-refractivity contribution in [2.24, 2.45) is 0 Å². The first-order valence-electron chi connectivity index (χ1n) is 12.3. The number of pyridine rings is 1. The van der Waals surface area contributed by atoms with Crippen LogP contribution in [0.25, 0.3) is 10.9 Å². The van der Waals surface area contributed by atoms with E-state index >= 15 is 0 Å². The maximum Gasteiger partial charge on any atom is 0.341 e. The summed E-state index contributed by atoms with van der Waals surface area (Å²) in [6, 6.07) is 18.4. The van der Waals surface area contributed by atoms with Crippen molar-refractivity contribution >= 4 is 28.4 Å². The van der Waals surface area contributed by atoms with Crippen molar-refractivity contribution in [2.45, 2.75) is 45.1 Å². The third kappa shape index (κ3) is 5.32. The first-order valence-corrected chi connectivity index (χ1v) is 12.3. The lowest BCUT2D eigenvalue weighted by molar-refractivity contribution is 0.0500. The summed E-state index contributed by atoms with van der Waals surface area (Å²) in [5.41, 5.74) is 4.85. The van der Waals surface area contributed by atoms with Crippen molar-refractivity contribution in [2.75, 3.05) is 19.0 Å². The Balaban J connectivity index is 1.36. The number of hydrogen-bond donors (Lipinski definition) is 1. The van der Waals surface area contributed by atoms with E-state index in [0.29, 0.717) is 23.9 Å². The van der Waals surface area contributed by atoms with Gasteiger partial charge in [0.25, 0.3) is 0 Å². The number of fused-ring (bicyclic) bond motifs is 1. The normalized spacial score (nSPS) is 13.1. The van der Waals surface area contributed by atoms with Gasteiger partial charge in [-0.2, -0.15) is 0 Å². The number of unbranched alkanes of at least 4 members (excludes halogenated alkanes) is 1. The van der Waals surface area contributed by atoms with Crippen LogP contribution in [0.5, 0.6) is 5.75 Å². The summed E-state index contributed by atoms with van der Waals surface area (Å²) in [4.78, 5) is 17.5. The van der Waals surface area contributed by atoms with Gasteiger partial charge in [0.05, 0.1) is 13.7 Å². The maximum atomic E-state index is 12.8. The topological polar surface area (TPSA) is 65.4 Å². The van der Waals surface area contributed by atoms with Gasteiger partial charge in [0.15, 0.2) is 0 Å². The SMILES string of the molecule is CCCCOC(=O)c1cc(C2CC2)cnc1Nc1ccc2c(ccn2Cc2ccc(OC)cc2)c1. The molecule has 0 radical (unpaired) electrons. The van der Waals surface area contributed by atoms with E-state index in [1.54, 1.807) is 7.11 Å². The second-order valence-electron chi connectivity index (χ2n) is 9.12. The lowest BCUT2D eigenvalue weighted by Crippen LogP contribution is -2.11. The smallest absolute Gasteiger partial charge is 0.341 e. The van der Waals surface area contributed by atoms with E-state index in [2.05, 4.69) is 58.3 Å². The highest BCUT2D eigenvalue weighted by atomic mass is 16.5. The molecule has 0 atom stereocenters. The van der Waals surface area contributed by atoms with Crippen molar-refractivity contribution in [1.29, 1.82) is 0 Å². The number of carbonyl (C=O) groups excluding carboxylic acids is 1. The highest BCUT2D eigenvalue weighted by Crippen LogP contribution is 2.40. The Hall–Kier alpha value is -3.80. The first-order chi connectivity index (χ1) is 17.1. The van der Waals surface area contributed by atoms with Crippen LogP contribution in [0, 0.1) is 0 Å². The van der Waals surface area contributed by atoms with Crippen molar-refractivity contribution in [1.82, 2.24) is 9.55 Å². The molecule has 2 aromatic heterocycles. The number of esters is 1. The third-order valence-electron chi connectivity index (χ3n) is 6.45. The zero-order chi connectivity index (χ0) is 24.2. The number of hydrogen-bond acceptors (Lipinski definition) is 5. The Morgan fingerprint density at radius 1 is 1.11 bits per heavy atom. The number of aromatic nitrogens is 2. The minimum Gasteiger partial charge on any atom is -0.497 e. The molecule has 0 bridgehead atoms. The van der Waals surface area contributed by atoms with E-state index in [9.17, 15) is 4.79 Å². The van der Waals surface area contributed by atoms with Gasteiger partial charge in [0, 0.05) is 35.5 Å². The minimum atomic E-state index is -0.317. The van der Waals surface area contributed by atoms with E-state index in [1.807, 2.05) is 30.5 Å². The molecular weight excluding hydrogens is 438 g/mol. The van der Waals surface area contributed by atoms with Crippen LogP contribution in [0.4, 0.5) is 11.5 Å². The molecule has 1 fully saturated rings. The van der Waals surface area contributed by atoms with Crippen LogP contribution < -0.4 is 10.1 Å². The second-order valence-corrected chi connectivity index (χ2v) is 9.12. The van der Waals surface area contributed by atoms with E-state index < -0.39 is 0 Å². The molecule has 0 aliphatic heterocycles. The van der Waals surface area contributed by atoms with Gasteiger partial charge < -0.3 is 19.4 Å². The summed E-state index contributed by atoms with van der Waals surface area (Å²) in [5.74, 6) is 1.59. The lowest BCUT2D eigenvalue weighted by Gasteiger charge is -2.13. The maximum absolute atomic E-state index is 12.8. The van der Waals surface area contributed by atoms with Crippen LogP contribution in [0.15, 0.2) is 67.0 Å². The molecule has 1 aliphatic rings. The second kappa shape index (κ2) is 10.2. The zero-order valence-corrected chi connectivity index (χ0v) is 20.3. The molecule has 6 nitrogen and oxygen atoms in total. The quantitative estimate of drug-likeness (QED) is 0.207. The van der Waals surface area contributed by atoms with Crippen LogP contribution >= 0.6 is 0 Å². The summed E-state index contributed by atoms with van der Waals surface area (Å²) < 4.78 is 13.0. The number of nitrogens with zero attached hydrogens (tertiary/aromatic N) is 2. The van der Waals surface area contributed by atoms with Gasteiger partial charge >= 0.3 is 5.97 Å². The Morgan fingerprint density at radius 2 is 1.94 bits per heavy atom. The number of anilines is 2. The van der Waals surface area contributed by atoms with Gasteiger partial charge in [-0.25, -0.2) is 9.78 Å². The van der Waals surface area contributed by atoms with Crippen LogP contribution in [0.2, 0.25) is 0 Å². The Kier molecular flexibility index (Phi) is 6.70. The molecule has 2 aromatic carbocycles. The van der Waals surface area contributed by atoms with Crippen LogP contribution in [0.1, 0.15) is 60.0 Å². The van der Waals surface area contributed by atoms with E-state index in [-0.39, 0.29) is 5.97 Å². The number of carbonyl (C=O) groups is 1. The fourth-order valence-corrected chi connectivity index (χ4v) is 4.24. The number of ether oxygens (including phenoxy) is 2. The van der Waals surface area contributed by atoms with Gasteiger partial charge in [-0.1, -0.05) is 25.5 Å². The summed E-state index contributed by atoms with van der Waals surface area (Å²) in [6.45, 7) is 3.28. The lowest BCUT2D eigenvalue weighted by atomic mass is 10.1. The van der Waals surface area contributed by atoms with Gasteiger partial charge in [-0.05, 0) is 78.8 Å². The predicted octanol–water partition coefficient (Wildman–Crippen LogP) is 6.67. The monoisotopic (exact) mass is 469 g/mol. The van der Waals surface area contributed by atoms with Gasteiger partial charge in [-0.15, -0.1) is 0 Å². The summed E-state index contributed by atoms with van der Waals surface area (Å²) in [5, 5.41) is 4.47. The van der Waals surface area contributed by atoms with Crippen molar-refractivity contribution in [3.8, 4) is 5.75 Å². The molecule has 4 aromatic rings. The largest absolute Gasteiger partial charge is 0.497 e. The van der Waals surface area contributed by atoms with Gasteiger partial charge in [0.1, 0.15) is 17.1 Å².